The Balaban J connectivity index is 1.41. The van der Waals surface area contributed by atoms with Crippen LogP contribution in [0.4, 0.5) is 0 Å². The zero-order valence-electron chi connectivity index (χ0n) is 16.1. The fraction of sp³-hybridized carbons (Fsp3) is 0.333. The van der Waals surface area contributed by atoms with Crippen LogP contribution in [0.1, 0.15) is 35.6 Å². The van der Waals surface area contributed by atoms with Gasteiger partial charge in [-0.15, -0.1) is 10.2 Å². The summed E-state index contributed by atoms with van der Waals surface area (Å²) in [5, 5.41) is 15.8. The van der Waals surface area contributed by atoms with Gasteiger partial charge in [0.25, 0.3) is 0 Å². The van der Waals surface area contributed by atoms with Crippen LogP contribution in [0.15, 0.2) is 41.6 Å². The molecule has 3 aromatic heterocycles. The molecule has 28 heavy (non-hydrogen) atoms. The minimum Gasteiger partial charge on any atom is -0.472 e. The first-order valence-corrected chi connectivity index (χ1v) is 9.38. The zero-order valence-corrected chi connectivity index (χ0v) is 16.1. The molecule has 0 amide bonds. The molecule has 0 saturated heterocycles. The molecule has 0 aliphatic heterocycles. The first-order chi connectivity index (χ1) is 13.6. The summed E-state index contributed by atoms with van der Waals surface area (Å²) in [7, 11) is 0. The van der Waals surface area contributed by atoms with Gasteiger partial charge in [0.15, 0.2) is 0 Å². The number of aromatic nitrogens is 4. The third-order valence-electron chi connectivity index (χ3n) is 4.78. The van der Waals surface area contributed by atoms with E-state index < -0.39 is 0 Å². The van der Waals surface area contributed by atoms with Crippen LogP contribution in [0.3, 0.4) is 0 Å². The highest BCUT2D eigenvalue weighted by Crippen LogP contribution is 2.28. The molecule has 1 saturated carbocycles. The zero-order chi connectivity index (χ0) is 19.5. The molecule has 0 radical (unpaired) electrons. The summed E-state index contributed by atoms with van der Waals surface area (Å²) in [4.78, 5) is 4.32. The maximum Gasteiger partial charge on any atom is 0.233 e. The fourth-order valence-electron chi connectivity index (χ4n) is 2.78. The maximum atomic E-state index is 5.82. The summed E-state index contributed by atoms with van der Waals surface area (Å²) in [6.45, 7) is 9.06. The molecule has 0 unspecified atom stereocenters. The van der Waals surface area contributed by atoms with E-state index in [0.717, 1.165) is 46.4 Å². The maximum absolute atomic E-state index is 5.82. The normalized spacial score (nSPS) is 13.4. The van der Waals surface area contributed by atoms with Gasteiger partial charge in [0.2, 0.25) is 5.88 Å². The molecule has 1 N–H and O–H groups in total. The number of nitrogens with zero attached hydrogens (tertiary/aromatic N) is 4. The standard InChI is InChI=1S/C21H23N5O2/c1-13-4-7-17(11-22-13)21-18(15(3)28-26-21)12-27-20-9-8-19(24-25-20)14(2)23-10-16-5-6-16/h4,7-9,11,16,23H,2,5-6,10,12H2,1,3H3. The van der Waals surface area contributed by atoms with E-state index in [-0.39, 0.29) is 6.61 Å². The molecule has 144 valence electrons. The molecule has 7 nitrogen and oxygen atoms in total. The van der Waals surface area contributed by atoms with E-state index in [0.29, 0.717) is 11.6 Å². The lowest BCUT2D eigenvalue weighted by Gasteiger charge is -2.09. The fourth-order valence-corrected chi connectivity index (χ4v) is 2.78. The molecule has 7 heteroatoms. The van der Waals surface area contributed by atoms with Crippen molar-refractivity contribution in [3.8, 4) is 17.1 Å². The number of hydrogen-bond acceptors (Lipinski definition) is 7. The number of hydrogen-bond donors (Lipinski definition) is 1. The van der Waals surface area contributed by atoms with Crippen molar-refractivity contribution < 1.29 is 9.26 Å². The Morgan fingerprint density at radius 3 is 2.75 bits per heavy atom. The molecular formula is C21H23N5O2. The largest absolute Gasteiger partial charge is 0.472 e. The predicted molar refractivity (Wildman–Crippen MR) is 105 cm³/mol. The van der Waals surface area contributed by atoms with E-state index in [1.165, 1.54) is 12.8 Å². The van der Waals surface area contributed by atoms with Crippen LogP contribution in [0.5, 0.6) is 5.88 Å². The van der Waals surface area contributed by atoms with Gasteiger partial charge >= 0.3 is 0 Å². The third kappa shape index (κ3) is 4.19. The van der Waals surface area contributed by atoms with E-state index in [1.54, 1.807) is 12.3 Å². The van der Waals surface area contributed by atoms with E-state index in [2.05, 4.69) is 32.2 Å². The topological polar surface area (TPSA) is 86.0 Å². The Morgan fingerprint density at radius 1 is 1.21 bits per heavy atom. The van der Waals surface area contributed by atoms with Crippen molar-refractivity contribution in [1.29, 1.82) is 0 Å². The molecule has 4 rings (SSSR count). The van der Waals surface area contributed by atoms with Crippen molar-refractivity contribution in [3.63, 3.8) is 0 Å². The van der Waals surface area contributed by atoms with Crippen molar-refractivity contribution in [3.05, 3.63) is 59.8 Å². The Hall–Kier alpha value is -3.22. The highest BCUT2D eigenvalue weighted by Gasteiger charge is 2.21. The lowest BCUT2D eigenvalue weighted by atomic mass is 10.1. The van der Waals surface area contributed by atoms with E-state index in [4.69, 9.17) is 9.26 Å². The molecule has 1 fully saturated rings. The summed E-state index contributed by atoms with van der Waals surface area (Å²) >= 11 is 0. The number of ether oxygens (including phenoxy) is 1. The van der Waals surface area contributed by atoms with Crippen LogP contribution in [0.25, 0.3) is 17.0 Å². The first-order valence-electron chi connectivity index (χ1n) is 9.38. The Bertz CT molecular complexity index is 959. The van der Waals surface area contributed by atoms with Crippen LogP contribution in [-0.2, 0) is 6.61 Å². The number of rotatable bonds is 8. The van der Waals surface area contributed by atoms with Gasteiger partial charge in [-0.25, -0.2) is 0 Å². The minimum absolute atomic E-state index is 0.285. The smallest absolute Gasteiger partial charge is 0.233 e. The van der Waals surface area contributed by atoms with Gasteiger partial charge in [0, 0.05) is 30.1 Å². The second kappa shape index (κ2) is 7.80. The van der Waals surface area contributed by atoms with Crippen LogP contribution >= 0.6 is 0 Å². The molecule has 0 spiro atoms. The molecule has 0 atom stereocenters. The Kier molecular flexibility index (Phi) is 5.06. The Labute approximate surface area is 163 Å². The van der Waals surface area contributed by atoms with Crippen LogP contribution in [-0.4, -0.2) is 26.9 Å². The summed E-state index contributed by atoms with van der Waals surface area (Å²) < 4.78 is 11.2. The van der Waals surface area contributed by atoms with Crippen LogP contribution in [0, 0.1) is 19.8 Å². The molecule has 1 aliphatic rings. The van der Waals surface area contributed by atoms with Crippen LogP contribution < -0.4 is 10.1 Å². The van der Waals surface area contributed by atoms with E-state index in [9.17, 15) is 0 Å². The quantitative estimate of drug-likeness (QED) is 0.640. The van der Waals surface area contributed by atoms with Gasteiger partial charge < -0.3 is 14.6 Å². The monoisotopic (exact) mass is 377 g/mol. The van der Waals surface area contributed by atoms with Crippen molar-refractivity contribution in [2.75, 3.05) is 6.54 Å². The molecule has 0 bridgehead atoms. The Morgan fingerprint density at radius 2 is 2.07 bits per heavy atom. The predicted octanol–water partition coefficient (Wildman–Crippen LogP) is 3.69. The molecule has 3 aromatic rings. The van der Waals surface area contributed by atoms with Gasteiger partial charge in [-0.2, -0.15) is 0 Å². The third-order valence-corrected chi connectivity index (χ3v) is 4.78. The summed E-state index contributed by atoms with van der Waals surface area (Å²) in [6, 6.07) is 7.56. The van der Waals surface area contributed by atoms with E-state index in [1.807, 2.05) is 32.0 Å². The number of aryl methyl sites for hydroxylation is 2. The highest BCUT2D eigenvalue weighted by molar-refractivity contribution is 5.62. The molecular weight excluding hydrogens is 354 g/mol. The number of nitrogens with one attached hydrogen (secondary N) is 1. The second-order valence-electron chi connectivity index (χ2n) is 7.10. The van der Waals surface area contributed by atoms with Crippen molar-refractivity contribution in [2.45, 2.75) is 33.3 Å². The van der Waals surface area contributed by atoms with E-state index >= 15 is 0 Å². The summed E-state index contributed by atoms with van der Waals surface area (Å²) in [6.07, 6.45) is 4.37. The number of pyridine rings is 1. The lowest BCUT2D eigenvalue weighted by molar-refractivity contribution is 0.287. The van der Waals surface area contributed by atoms with Gasteiger partial charge in [0.1, 0.15) is 23.8 Å². The van der Waals surface area contributed by atoms with Crippen molar-refractivity contribution in [2.24, 2.45) is 5.92 Å². The summed E-state index contributed by atoms with van der Waals surface area (Å²) in [5.41, 5.74) is 4.95. The van der Waals surface area contributed by atoms with Crippen LogP contribution in [0.2, 0.25) is 0 Å². The molecule has 3 heterocycles. The average molecular weight is 377 g/mol. The van der Waals surface area contributed by atoms with Crippen molar-refractivity contribution in [1.82, 2.24) is 25.7 Å². The SMILES string of the molecule is C=C(NCC1CC1)c1ccc(OCc2c(-c3ccc(C)nc3)noc2C)nn1. The second-order valence-corrected chi connectivity index (χ2v) is 7.10. The van der Waals surface area contributed by atoms with Crippen molar-refractivity contribution >= 4 is 5.70 Å². The first kappa shape index (κ1) is 18.2. The minimum atomic E-state index is 0.285. The lowest BCUT2D eigenvalue weighted by Crippen LogP contribution is -2.15. The molecule has 1 aliphatic carbocycles. The van der Waals surface area contributed by atoms with Gasteiger partial charge in [-0.05, 0) is 50.8 Å². The van der Waals surface area contributed by atoms with Gasteiger partial charge in [-0.1, -0.05) is 11.7 Å². The van der Waals surface area contributed by atoms with Gasteiger partial charge in [-0.3, -0.25) is 4.98 Å². The highest BCUT2D eigenvalue weighted by atomic mass is 16.5. The summed E-state index contributed by atoms with van der Waals surface area (Å²) in [5.74, 6) is 1.92. The van der Waals surface area contributed by atoms with Gasteiger partial charge in [0.05, 0.1) is 11.3 Å². The average Bonchev–Trinajstić information content (AvgIpc) is 3.47. The molecule has 0 aromatic carbocycles.